The normalized spacial score (nSPS) is 10.3. The van der Waals surface area contributed by atoms with Crippen molar-refractivity contribution >= 4 is 11.8 Å². The molecular weight excluding hydrogens is 328 g/mol. The number of ether oxygens (including phenoxy) is 1. The lowest BCUT2D eigenvalue weighted by molar-refractivity contribution is -0.133. The van der Waals surface area contributed by atoms with E-state index >= 15 is 0 Å². The van der Waals surface area contributed by atoms with Gasteiger partial charge in [-0.05, 0) is 11.6 Å². The summed E-state index contributed by atoms with van der Waals surface area (Å²) in [5.74, 6) is 0.695. The third kappa shape index (κ3) is 5.62. The SMILES string of the molecule is COc1ccccc1CN(CCC(=O)N(C)Cc1ccccc1)C(C)=O. The van der Waals surface area contributed by atoms with Crippen LogP contribution in [0.1, 0.15) is 24.5 Å². The highest BCUT2D eigenvalue weighted by Crippen LogP contribution is 2.19. The molecule has 0 heterocycles. The minimum absolute atomic E-state index is 0.0140. The Morgan fingerprint density at radius 2 is 1.62 bits per heavy atom. The number of carbonyl (C=O) groups is 2. The van der Waals surface area contributed by atoms with Gasteiger partial charge in [0.15, 0.2) is 0 Å². The molecule has 0 aliphatic heterocycles. The molecule has 26 heavy (non-hydrogen) atoms. The van der Waals surface area contributed by atoms with Crippen molar-refractivity contribution in [3.63, 3.8) is 0 Å². The predicted molar refractivity (Wildman–Crippen MR) is 102 cm³/mol. The lowest BCUT2D eigenvalue weighted by Crippen LogP contribution is -2.34. The van der Waals surface area contributed by atoms with Gasteiger partial charge in [-0.2, -0.15) is 0 Å². The van der Waals surface area contributed by atoms with E-state index in [0.29, 0.717) is 19.6 Å². The molecule has 0 radical (unpaired) electrons. The molecule has 2 rings (SSSR count). The van der Waals surface area contributed by atoms with Crippen LogP contribution in [-0.2, 0) is 22.7 Å². The average molecular weight is 354 g/mol. The van der Waals surface area contributed by atoms with Crippen LogP contribution in [0.3, 0.4) is 0 Å². The summed E-state index contributed by atoms with van der Waals surface area (Å²) < 4.78 is 5.34. The Labute approximate surface area is 155 Å². The van der Waals surface area contributed by atoms with Crippen molar-refractivity contribution in [2.45, 2.75) is 26.4 Å². The zero-order chi connectivity index (χ0) is 18.9. The Morgan fingerprint density at radius 3 is 2.27 bits per heavy atom. The minimum atomic E-state index is -0.0607. The maximum Gasteiger partial charge on any atom is 0.224 e. The van der Waals surface area contributed by atoms with Gasteiger partial charge in [0.25, 0.3) is 0 Å². The van der Waals surface area contributed by atoms with Crippen LogP contribution in [0.25, 0.3) is 0 Å². The summed E-state index contributed by atoms with van der Waals surface area (Å²) in [6.45, 7) is 2.89. The molecular formula is C21H26N2O3. The summed E-state index contributed by atoms with van der Waals surface area (Å²) in [6, 6.07) is 17.5. The molecule has 0 saturated carbocycles. The van der Waals surface area contributed by atoms with Crippen LogP contribution >= 0.6 is 0 Å². The highest BCUT2D eigenvalue weighted by molar-refractivity contribution is 5.78. The number of hydrogen-bond acceptors (Lipinski definition) is 3. The summed E-state index contributed by atoms with van der Waals surface area (Å²) >= 11 is 0. The first-order valence-electron chi connectivity index (χ1n) is 8.66. The number of hydrogen-bond donors (Lipinski definition) is 0. The summed E-state index contributed by atoms with van der Waals surface area (Å²) in [5, 5.41) is 0. The molecule has 5 nitrogen and oxygen atoms in total. The molecule has 0 unspecified atom stereocenters. The fourth-order valence-electron chi connectivity index (χ4n) is 2.75. The maximum absolute atomic E-state index is 12.4. The van der Waals surface area contributed by atoms with E-state index in [1.54, 1.807) is 24.0 Å². The van der Waals surface area contributed by atoms with Gasteiger partial charge in [0, 0.05) is 45.6 Å². The Balaban J connectivity index is 1.93. The number of amides is 2. The molecule has 0 aliphatic carbocycles. The summed E-state index contributed by atoms with van der Waals surface area (Å²) in [5.41, 5.74) is 2.01. The van der Waals surface area contributed by atoms with Crippen LogP contribution in [0.4, 0.5) is 0 Å². The zero-order valence-electron chi connectivity index (χ0n) is 15.6. The second-order valence-electron chi connectivity index (χ2n) is 6.24. The van der Waals surface area contributed by atoms with Crippen LogP contribution in [0.15, 0.2) is 54.6 Å². The minimum Gasteiger partial charge on any atom is -0.496 e. The number of para-hydroxylation sites is 1. The van der Waals surface area contributed by atoms with E-state index in [1.165, 1.54) is 6.92 Å². The molecule has 2 aromatic rings. The van der Waals surface area contributed by atoms with Crippen LogP contribution in [-0.4, -0.2) is 42.3 Å². The molecule has 0 fully saturated rings. The van der Waals surface area contributed by atoms with Crippen LogP contribution in [0.5, 0.6) is 5.75 Å². The molecule has 0 saturated heterocycles. The van der Waals surface area contributed by atoms with Crippen molar-refractivity contribution in [3.8, 4) is 5.75 Å². The highest BCUT2D eigenvalue weighted by atomic mass is 16.5. The van der Waals surface area contributed by atoms with Gasteiger partial charge < -0.3 is 14.5 Å². The number of methoxy groups -OCH3 is 1. The fourth-order valence-corrected chi connectivity index (χ4v) is 2.75. The van der Waals surface area contributed by atoms with E-state index in [0.717, 1.165) is 16.9 Å². The lowest BCUT2D eigenvalue weighted by atomic mass is 10.1. The van der Waals surface area contributed by atoms with Crippen molar-refractivity contribution < 1.29 is 14.3 Å². The largest absolute Gasteiger partial charge is 0.496 e. The van der Waals surface area contributed by atoms with Crippen LogP contribution in [0, 0.1) is 0 Å². The molecule has 138 valence electrons. The number of carbonyl (C=O) groups excluding carboxylic acids is 2. The summed E-state index contributed by atoms with van der Waals surface area (Å²) in [6.07, 6.45) is 0.290. The molecule has 2 aromatic carbocycles. The maximum atomic E-state index is 12.4. The predicted octanol–water partition coefficient (Wildman–Crippen LogP) is 3.09. The molecule has 0 spiro atoms. The van der Waals surface area contributed by atoms with Crippen molar-refractivity contribution in [3.05, 3.63) is 65.7 Å². The van der Waals surface area contributed by atoms with Gasteiger partial charge in [-0.3, -0.25) is 9.59 Å². The number of nitrogens with zero attached hydrogens (tertiary/aromatic N) is 2. The van der Waals surface area contributed by atoms with Gasteiger partial charge >= 0.3 is 0 Å². The second kappa shape index (κ2) is 9.61. The van der Waals surface area contributed by atoms with E-state index in [4.69, 9.17) is 4.74 Å². The van der Waals surface area contributed by atoms with Gasteiger partial charge in [0.2, 0.25) is 11.8 Å². The van der Waals surface area contributed by atoms with Crippen molar-refractivity contribution in [1.29, 1.82) is 0 Å². The summed E-state index contributed by atoms with van der Waals surface area (Å²) in [4.78, 5) is 27.8. The van der Waals surface area contributed by atoms with Crippen molar-refractivity contribution in [1.82, 2.24) is 9.80 Å². The van der Waals surface area contributed by atoms with Gasteiger partial charge in [0.05, 0.1) is 7.11 Å². The quantitative estimate of drug-likeness (QED) is 0.732. The Morgan fingerprint density at radius 1 is 0.962 bits per heavy atom. The second-order valence-corrected chi connectivity index (χ2v) is 6.24. The Bertz CT molecular complexity index is 731. The third-order valence-electron chi connectivity index (χ3n) is 4.28. The van der Waals surface area contributed by atoms with Crippen molar-refractivity contribution in [2.24, 2.45) is 0 Å². The monoisotopic (exact) mass is 354 g/mol. The van der Waals surface area contributed by atoms with Crippen LogP contribution in [0.2, 0.25) is 0 Å². The first kappa shape index (κ1) is 19.5. The van der Waals surface area contributed by atoms with Gasteiger partial charge in [-0.15, -0.1) is 0 Å². The number of benzene rings is 2. The topological polar surface area (TPSA) is 49.9 Å². The molecule has 0 bridgehead atoms. The number of rotatable bonds is 8. The molecule has 5 heteroatoms. The van der Waals surface area contributed by atoms with E-state index in [9.17, 15) is 9.59 Å². The van der Waals surface area contributed by atoms with Crippen molar-refractivity contribution in [2.75, 3.05) is 20.7 Å². The fraction of sp³-hybridized carbons (Fsp3) is 0.333. The first-order chi connectivity index (χ1) is 12.5. The zero-order valence-corrected chi connectivity index (χ0v) is 15.6. The summed E-state index contributed by atoms with van der Waals surface area (Å²) in [7, 11) is 3.40. The molecule has 0 aliphatic rings. The molecule has 0 N–H and O–H groups in total. The molecule has 0 aromatic heterocycles. The molecule has 2 amide bonds. The smallest absolute Gasteiger partial charge is 0.224 e. The Kier molecular flexibility index (Phi) is 7.21. The highest BCUT2D eigenvalue weighted by Gasteiger charge is 2.16. The lowest BCUT2D eigenvalue weighted by Gasteiger charge is -2.24. The van der Waals surface area contributed by atoms with E-state index in [2.05, 4.69) is 0 Å². The van der Waals surface area contributed by atoms with E-state index in [1.807, 2.05) is 54.6 Å². The van der Waals surface area contributed by atoms with E-state index in [-0.39, 0.29) is 18.2 Å². The van der Waals surface area contributed by atoms with Gasteiger partial charge in [-0.1, -0.05) is 48.5 Å². The Hall–Kier alpha value is -2.82. The van der Waals surface area contributed by atoms with Crippen LogP contribution < -0.4 is 4.74 Å². The average Bonchev–Trinajstić information content (AvgIpc) is 2.65. The van der Waals surface area contributed by atoms with Gasteiger partial charge in [-0.25, -0.2) is 0 Å². The van der Waals surface area contributed by atoms with Gasteiger partial charge in [0.1, 0.15) is 5.75 Å². The first-order valence-corrected chi connectivity index (χ1v) is 8.66. The van der Waals surface area contributed by atoms with E-state index < -0.39 is 0 Å². The standard InChI is InChI=1S/C21H26N2O3/c1-17(24)23(16-19-11-7-8-12-20(19)26-3)14-13-21(25)22(2)15-18-9-5-4-6-10-18/h4-12H,13-16H2,1-3H3. The molecule has 0 atom stereocenters. The third-order valence-corrected chi connectivity index (χ3v) is 4.28.